The molecule has 0 aliphatic rings. The lowest BCUT2D eigenvalue weighted by molar-refractivity contribution is 0.0922. The van der Waals surface area contributed by atoms with Crippen LogP contribution in [0.25, 0.3) is 32.6 Å². The van der Waals surface area contributed by atoms with Gasteiger partial charge in [-0.05, 0) is 55.1 Å². The van der Waals surface area contributed by atoms with Gasteiger partial charge in [0.15, 0.2) is 0 Å². The molecule has 0 unspecified atom stereocenters. The van der Waals surface area contributed by atoms with Crippen LogP contribution in [0.3, 0.4) is 0 Å². The van der Waals surface area contributed by atoms with Crippen molar-refractivity contribution in [1.82, 2.24) is 14.9 Å². The Morgan fingerprint density at radius 2 is 2.04 bits per heavy atom. The van der Waals surface area contributed by atoms with Crippen molar-refractivity contribution in [2.24, 2.45) is 7.05 Å². The molecule has 0 fully saturated rings. The maximum Gasteiger partial charge on any atom is 0.251 e. The highest BCUT2D eigenvalue weighted by Gasteiger charge is 2.16. The van der Waals surface area contributed by atoms with E-state index in [4.69, 9.17) is 5.11 Å². The molecule has 5 heteroatoms. The van der Waals surface area contributed by atoms with E-state index in [9.17, 15) is 4.79 Å². The Labute approximate surface area is 151 Å². The molecule has 2 aromatic heterocycles. The van der Waals surface area contributed by atoms with Gasteiger partial charge in [0, 0.05) is 52.7 Å². The first-order chi connectivity index (χ1) is 12.5. The van der Waals surface area contributed by atoms with Gasteiger partial charge in [0.2, 0.25) is 0 Å². The Morgan fingerprint density at radius 1 is 1.23 bits per heavy atom. The van der Waals surface area contributed by atoms with Gasteiger partial charge in [0.25, 0.3) is 5.91 Å². The maximum atomic E-state index is 12.4. The molecule has 4 rings (SSSR count). The van der Waals surface area contributed by atoms with Crippen LogP contribution in [-0.2, 0) is 7.05 Å². The summed E-state index contributed by atoms with van der Waals surface area (Å²) >= 11 is 0. The number of amides is 1. The molecule has 132 valence electrons. The zero-order valence-corrected chi connectivity index (χ0v) is 15.1. The molecule has 0 aliphatic heterocycles. The Hall–Kier alpha value is -2.92. The normalized spacial score (nSPS) is 12.8. The molecule has 0 radical (unpaired) electrons. The number of pyridine rings is 1. The highest BCUT2D eigenvalue weighted by Crippen LogP contribution is 2.35. The second-order valence-corrected chi connectivity index (χ2v) is 6.84. The molecule has 1 amide bonds. The number of aryl methyl sites for hydroxylation is 2. The highest BCUT2D eigenvalue weighted by molar-refractivity contribution is 6.15. The summed E-state index contributed by atoms with van der Waals surface area (Å²) in [4.78, 5) is 16.7. The standard InChI is InChI=1S/C21H21N3O2/c1-12(11-25)23-21(26)14-4-5-19-17(8-14)18-9-15-10-22-7-6-16(15)13(2)20(18)24(19)3/h4-10,12,25H,11H2,1-3H3,(H,23,26)/t12-/m1/s1. The Kier molecular flexibility index (Phi) is 3.89. The van der Waals surface area contributed by atoms with Crippen LogP contribution in [0, 0.1) is 6.92 Å². The Bertz CT molecular complexity index is 1160. The smallest absolute Gasteiger partial charge is 0.251 e. The number of rotatable bonds is 3. The molecule has 0 saturated carbocycles. The summed E-state index contributed by atoms with van der Waals surface area (Å²) in [6.45, 7) is 3.82. The van der Waals surface area contributed by atoms with Gasteiger partial charge < -0.3 is 15.0 Å². The van der Waals surface area contributed by atoms with Crippen LogP contribution in [0.4, 0.5) is 0 Å². The van der Waals surface area contributed by atoms with Crippen LogP contribution < -0.4 is 5.32 Å². The minimum Gasteiger partial charge on any atom is -0.394 e. The summed E-state index contributed by atoms with van der Waals surface area (Å²) in [5.41, 5.74) is 4.05. The van der Waals surface area contributed by atoms with E-state index in [2.05, 4.69) is 34.9 Å². The lowest BCUT2D eigenvalue weighted by atomic mass is 10.0. The topological polar surface area (TPSA) is 67.2 Å². The third-order valence-corrected chi connectivity index (χ3v) is 5.06. The van der Waals surface area contributed by atoms with Gasteiger partial charge in [0.1, 0.15) is 0 Å². The van der Waals surface area contributed by atoms with Gasteiger partial charge in [-0.25, -0.2) is 0 Å². The molecule has 0 aliphatic carbocycles. The van der Waals surface area contributed by atoms with Crippen molar-refractivity contribution in [2.45, 2.75) is 19.9 Å². The van der Waals surface area contributed by atoms with Crippen molar-refractivity contribution in [2.75, 3.05) is 6.61 Å². The van der Waals surface area contributed by atoms with E-state index in [0.29, 0.717) is 5.56 Å². The molecule has 0 saturated heterocycles. The van der Waals surface area contributed by atoms with E-state index >= 15 is 0 Å². The van der Waals surface area contributed by atoms with Gasteiger partial charge in [-0.2, -0.15) is 0 Å². The molecule has 4 aromatic rings. The van der Waals surface area contributed by atoms with Crippen molar-refractivity contribution >= 4 is 38.5 Å². The van der Waals surface area contributed by atoms with E-state index in [1.807, 2.05) is 36.7 Å². The van der Waals surface area contributed by atoms with Gasteiger partial charge in [-0.15, -0.1) is 0 Å². The number of nitrogens with one attached hydrogen (secondary N) is 1. The minimum absolute atomic E-state index is 0.0829. The second kappa shape index (κ2) is 6.11. The molecule has 1 atom stereocenters. The molecule has 0 bridgehead atoms. The van der Waals surface area contributed by atoms with E-state index in [1.54, 1.807) is 6.92 Å². The number of aliphatic hydroxyl groups excluding tert-OH is 1. The number of hydrogen-bond donors (Lipinski definition) is 2. The SMILES string of the molecule is Cc1c2ccncc2cc2c3cc(C(=O)N[C@H](C)CO)ccc3n(C)c12. The van der Waals surface area contributed by atoms with Gasteiger partial charge in [0.05, 0.1) is 12.1 Å². The van der Waals surface area contributed by atoms with Crippen molar-refractivity contribution in [1.29, 1.82) is 0 Å². The van der Waals surface area contributed by atoms with Gasteiger partial charge >= 0.3 is 0 Å². The average molecular weight is 347 g/mol. The van der Waals surface area contributed by atoms with Crippen molar-refractivity contribution in [3.63, 3.8) is 0 Å². The fourth-order valence-electron chi connectivity index (χ4n) is 3.71. The fourth-order valence-corrected chi connectivity index (χ4v) is 3.71. The predicted octanol–water partition coefficient (Wildman–Crippen LogP) is 3.30. The molecule has 0 spiro atoms. The van der Waals surface area contributed by atoms with Gasteiger partial charge in [-0.1, -0.05) is 0 Å². The molecule has 5 nitrogen and oxygen atoms in total. The minimum atomic E-state index is -0.275. The van der Waals surface area contributed by atoms with Crippen molar-refractivity contribution in [3.05, 3.63) is 53.9 Å². The number of nitrogens with zero attached hydrogens (tertiary/aromatic N) is 2. The number of fused-ring (bicyclic) bond motifs is 4. The molecular formula is C21H21N3O2. The summed E-state index contributed by atoms with van der Waals surface area (Å²) in [5, 5.41) is 16.4. The number of carbonyl (C=O) groups is 1. The quantitative estimate of drug-likeness (QED) is 0.597. The van der Waals surface area contributed by atoms with E-state index in [0.717, 1.165) is 21.7 Å². The molecule has 2 aromatic carbocycles. The van der Waals surface area contributed by atoms with Crippen LogP contribution in [0.1, 0.15) is 22.8 Å². The summed E-state index contributed by atoms with van der Waals surface area (Å²) in [5.74, 6) is -0.176. The number of benzene rings is 2. The first kappa shape index (κ1) is 16.5. The predicted molar refractivity (Wildman–Crippen MR) is 104 cm³/mol. The summed E-state index contributed by atoms with van der Waals surface area (Å²) < 4.78 is 2.18. The summed E-state index contributed by atoms with van der Waals surface area (Å²) in [6.07, 6.45) is 3.69. The van der Waals surface area contributed by atoms with Crippen LogP contribution in [-0.4, -0.2) is 33.2 Å². The third-order valence-electron chi connectivity index (χ3n) is 5.06. The Balaban J connectivity index is 1.98. The van der Waals surface area contributed by atoms with E-state index < -0.39 is 0 Å². The van der Waals surface area contributed by atoms with Gasteiger partial charge in [-0.3, -0.25) is 9.78 Å². The molecule has 2 heterocycles. The van der Waals surface area contributed by atoms with Crippen LogP contribution in [0.15, 0.2) is 42.7 Å². The lowest BCUT2D eigenvalue weighted by Gasteiger charge is -2.10. The van der Waals surface area contributed by atoms with Crippen molar-refractivity contribution < 1.29 is 9.90 Å². The summed E-state index contributed by atoms with van der Waals surface area (Å²) in [7, 11) is 2.05. The van der Waals surface area contributed by atoms with Crippen LogP contribution in [0.2, 0.25) is 0 Å². The Morgan fingerprint density at radius 3 is 2.81 bits per heavy atom. The number of carbonyl (C=O) groups excluding carboxylic acids is 1. The summed E-state index contributed by atoms with van der Waals surface area (Å²) in [6, 6.07) is 9.65. The zero-order valence-electron chi connectivity index (χ0n) is 15.1. The van der Waals surface area contributed by atoms with Crippen LogP contribution >= 0.6 is 0 Å². The molecule has 2 N–H and O–H groups in total. The third kappa shape index (κ3) is 2.44. The number of aromatic nitrogens is 2. The number of hydrogen-bond acceptors (Lipinski definition) is 3. The number of aliphatic hydroxyl groups is 1. The van der Waals surface area contributed by atoms with E-state index in [-0.39, 0.29) is 18.6 Å². The lowest BCUT2D eigenvalue weighted by Crippen LogP contribution is -2.34. The van der Waals surface area contributed by atoms with E-state index in [1.165, 1.54) is 16.5 Å². The first-order valence-corrected chi connectivity index (χ1v) is 8.68. The fraction of sp³-hybridized carbons (Fsp3) is 0.238. The highest BCUT2D eigenvalue weighted by atomic mass is 16.3. The largest absolute Gasteiger partial charge is 0.394 e. The van der Waals surface area contributed by atoms with Crippen LogP contribution in [0.5, 0.6) is 0 Å². The first-order valence-electron chi connectivity index (χ1n) is 8.68. The molecule has 26 heavy (non-hydrogen) atoms. The monoisotopic (exact) mass is 347 g/mol. The zero-order chi connectivity index (χ0) is 18.4. The maximum absolute atomic E-state index is 12.4. The molecular weight excluding hydrogens is 326 g/mol. The average Bonchev–Trinajstić information content (AvgIpc) is 2.94. The van der Waals surface area contributed by atoms with Crippen molar-refractivity contribution in [3.8, 4) is 0 Å². The second-order valence-electron chi connectivity index (χ2n) is 6.84.